The maximum Gasteiger partial charge on any atom is 0.306 e. The average molecular weight is 611 g/mol. The van der Waals surface area contributed by atoms with E-state index in [1.54, 1.807) is 0 Å². The molecule has 0 radical (unpaired) electrons. The Hall–Kier alpha value is -1.59. The van der Waals surface area contributed by atoms with Gasteiger partial charge in [-0.1, -0.05) is 162 Å². The molecule has 6 nitrogen and oxygen atoms in total. The summed E-state index contributed by atoms with van der Waals surface area (Å²) in [5, 5.41) is 0. The van der Waals surface area contributed by atoms with Gasteiger partial charge in [-0.15, -0.1) is 0 Å². The minimum absolute atomic E-state index is 0.0654. The Balaban J connectivity index is 4.29. The predicted molar refractivity (Wildman–Crippen MR) is 178 cm³/mol. The number of ether oxygens (including phenoxy) is 3. The monoisotopic (exact) mass is 611 g/mol. The first-order valence-electron chi connectivity index (χ1n) is 18.5. The zero-order valence-corrected chi connectivity index (χ0v) is 28.7. The Bertz CT molecular complexity index is 635. The van der Waals surface area contributed by atoms with Crippen LogP contribution < -0.4 is 0 Å². The fourth-order valence-corrected chi connectivity index (χ4v) is 5.26. The molecule has 0 spiro atoms. The summed E-state index contributed by atoms with van der Waals surface area (Å²) in [4.78, 5) is 37.1. The van der Waals surface area contributed by atoms with Crippen molar-refractivity contribution in [1.82, 2.24) is 0 Å². The maximum atomic E-state index is 12.5. The van der Waals surface area contributed by atoms with E-state index in [4.69, 9.17) is 14.2 Å². The van der Waals surface area contributed by atoms with Crippen LogP contribution in [0, 0.1) is 0 Å². The van der Waals surface area contributed by atoms with Gasteiger partial charge in [-0.2, -0.15) is 0 Å². The van der Waals surface area contributed by atoms with Gasteiger partial charge in [0.15, 0.2) is 6.10 Å². The summed E-state index contributed by atoms with van der Waals surface area (Å²) in [5.74, 6) is -0.882. The molecule has 6 heteroatoms. The molecule has 0 fully saturated rings. The summed E-state index contributed by atoms with van der Waals surface area (Å²) in [6, 6.07) is 0. The molecule has 0 saturated heterocycles. The third-order valence-corrected chi connectivity index (χ3v) is 8.11. The van der Waals surface area contributed by atoms with E-state index < -0.39 is 6.10 Å². The zero-order chi connectivity index (χ0) is 31.6. The van der Waals surface area contributed by atoms with Crippen molar-refractivity contribution in [2.75, 3.05) is 13.2 Å². The normalized spacial score (nSPS) is 11.8. The molecule has 0 N–H and O–H groups in total. The molecule has 0 aromatic rings. The van der Waals surface area contributed by atoms with Gasteiger partial charge in [-0.05, 0) is 19.3 Å². The number of carbonyl (C=O) groups excluding carboxylic acids is 3. The van der Waals surface area contributed by atoms with Crippen LogP contribution in [-0.4, -0.2) is 37.2 Å². The summed E-state index contributed by atoms with van der Waals surface area (Å²) in [6.45, 7) is 6.51. The summed E-state index contributed by atoms with van der Waals surface area (Å²) in [6.07, 6.45) is 29.7. The largest absolute Gasteiger partial charge is 0.462 e. The van der Waals surface area contributed by atoms with E-state index in [1.807, 2.05) is 0 Å². The zero-order valence-electron chi connectivity index (χ0n) is 28.7. The van der Waals surface area contributed by atoms with Gasteiger partial charge < -0.3 is 14.2 Å². The van der Waals surface area contributed by atoms with E-state index in [9.17, 15) is 14.4 Å². The van der Waals surface area contributed by atoms with Crippen LogP contribution in [0.25, 0.3) is 0 Å². The quantitative estimate of drug-likeness (QED) is 0.0418. The van der Waals surface area contributed by atoms with Crippen molar-refractivity contribution in [2.45, 2.75) is 207 Å². The van der Waals surface area contributed by atoms with Crippen molar-refractivity contribution in [3.63, 3.8) is 0 Å². The van der Waals surface area contributed by atoms with E-state index in [0.29, 0.717) is 19.3 Å². The van der Waals surface area contributed by atoms with Crippen LogP contribution >= 0.6 is 0 Å². The van der Waals surface area contributed by atoms with Crippen LogP contribution in [0.5, 0.6) is 0 Å². The molecular formula is C37H70O6. The van der Waals surface area contributed by atoms with Gasteiger partial charge in [0.1, 0.15) is 13.2 Å². The Morgan fingerprint density at radius 1 is 0.372 bits per heavy atom. The van der Waals surface area contributed by atoms with Crippen LogP contribution in [0.4, 0.5) is 0 Å². The number of rotatable bonds is 33. The molecule has 0 aromatic heterocycles. The molecule has 43 heavy (non-hydrogen) atoms. The third kappa shape index (κ3) is 31.6. The fourth-order valence-electron chi connectivity index (χ4n) is 5.26. The molecule has 0 unspecified atom stereocenters. The van der Waals surface area contributed by atoms with Crippen LogP contribution in [0.1, 0.15) is 201 Å². The minimum Gasteiger partial charge on any atom is -0.462 e. The molecule has 0 amide bonds. The van der Waals surface area contributed by atoms with E-state index in [2.05, 4.69) is 20.8 Å². The lowest BCUT2D eigenvalue weighted by Gasteiger charge is -2.18. The lowest BCUT2D eigenvalue weighted by molar-refractivity contribution is -0.167. The van der Waals surface area contributed by atoms with Gasteiger partial charge in [0, 0.05) is 19.3 Å². The Morgan fingerprint density at radius 3 is 0.930 bits per heavy atom. The highest BCUT2D eigenvalue weighted by atomic mass is 16.6. The Morgan fingerprint density at radius 2 is 0.628 bits per heavy atom. The SMILES string of the molecule is CCCCCCCCCCCCCC(=O)O[C@H](COC(=O)CCCCCCC)COC(=O)CCCCCCCCCCC. The van der Waals surface area contributed by atoms with E-state index >= 15 is 0 Å². The van der Waals surface area contributed by atoms with Crippen molar-refractivity contribution >= 4 is 17.9 Å². The summed E-state index contributed by atoms with van der Waals surface area (Å²) < 4.78 is 16.5. The smallest absolute Gasteiger partial charge is 0.306 e. The summed E-state index contributed by atoms with van der Waals surface area (Å²) >= 11 is 0. The van der Waals surface area contributed by atoms with Crippen LogP contribution in [-0.2, 0) is 28.6 Å². The molecule has 0 heterocycles. The number of carbonyl (C=O) groups is 3. The molecule has 0 bridgehead atoms. The van der Waals surface area contributed by atoms with Crippen molar-refractivity contribution in [1.29, 1.82) is 0 Å². The minimum atomic E-state index is -0.753. The molecule has 0 aliphatic heterocycles. The summed E-state index contributed by atoms with van der Waals surface area (Å²) in [7, 11) is 0. The van der Waals surface area contributed by atoms with Crippen LogP contribution in [0.15, 0.2) is 0 Å². The average Bonchev–Trinajstić information content (AvgIpc) is 3.00. The maximum absolute atomic E-state index is 12.5. The van der Waals surface area contributed by atoms with Gasteiger partial charge in [0.2, 0.25) is 0 Å². The number of hydrogen-bond donors (Lipinski definition) is 0. The van der Waals surface area contributed by atoms with Crippen molar-refractivity contribution in [2.24, 2.45) is 0 Å². The van der Waals surface area contributed by atoms with Crippen LogP contribution in [0.3, 0.4) is 0 Å². The highest BCUT2D eigenvalue weighted by Crippen LogP contribution is 2.14. The van der Waals surface area contributed by atoms with Gasteiger partial charge >= 0.3 is 17.9 Å². The Labute approximate surface area is 266 Å². The first kappa shape index (κ1) is 41.4. The lowest BCUT2D eigenvalue weighted by Crippen LogP contribution is -2.30. The second-order valence-electron chi connectivity index (χ2n) is 12.5. The molecular weight excluding hydrogens is 540 g/mol. The van der Waals surface area contributed by atoms with E-state index in [0.717, 1.165) is 64.2 Å². The number of esters is 3. The molecule has 0 aromatic carbocycles. The van der Waals surface area contributed by atoms with Gasteiger partial charge in [0.25, 0.3) is 0 Å². The predicted octanol–water partition coefficient (Wildman–Crippen LogP) is 11.0. The first-order valence-corrected chi connectivity index (χ1v) is 18.5. The second kappa shape index (κ2) is 33.3. The molecule has 0 saturated carbocycles. The summed E-state index contributed by atoms with van der Waals surface area (Å²) in [5.41, 5.74) is 0. The number of hydrogen-bond acceptors (Lipinski definition) is 6. The third-order valence-electron chi connectivity index (χ3n) is 8.11. The molecule has 0 rings (SSSR count). The van der Waals surface area contributed by atoms with Crippen molar-refractivity contribution < 1.29 is 28.6 Å². The molecule has 254 valence electrons. The van der Waals surface area contributed by atoms with Crippen molar-refractivity contribution in [3.8, 4) is 0 Å². The van der Waals surface area contributed by atoms with Gasteiger partial charge in [-0.25, -0.2) is 0 Å². The molecule has 0 aliphatic carbocycles. The lowest BCUT2D eigenvalue weighted by atomic mass is 10.1. The van der Waals surface area contributed by atoms with Gasteiger partial charge in [-0.3, -0.25) is 14.4 Å². The topological polar surface area (TPSA) is 78.9 Å². The molecule has 0 aliphatic rings. The first-order chi connectivity index (χ1) is 21.0. The second-order valence-corrected chi connectivity index (χ2v) is 12.5. The Kier molecular flexibility index (Phi) is 32.1. The number of unbranched alkanes of at least 4 members (excludes halogenated alkanes) is 22. The van der Waals surface area contributed by atoms with E-state index in [1.165, 1.54) is 96.3 Å². The van der Waals surface area contributed by atoms with E-state index in [-0.39, 0.29) is 31.1 Å². The van der Waals surface area contributed by atoms with Gasteiger partial charge in [0.05, 0.1) is 0 Å². The van der Waals surface area contributed by atoms with Crippen LogP contribution in [0.2, 0.25) is 0 Å². The highest BCUT2D eigenvalue weighted by molar-refractivity contribution is 5.71. The standard InChI is InChI=1S/C37H70O6/c1-4-7-10-13-15-17-18-20-22-25-28-31-37(40)43-34(32-41-35(38)29-26-23-12-9-6-3)33-42-36(39)30-27-24-21-19-16-14-11-8-5-2/h34H,4-33H2,1-3H3/t34-/m1/s1. The molecule has 1 atom stereocenters. The fraction of sp³-hybridized carbons (Fsp3) is 0.919. The van der Waals surface area contributed by atoms with Crippen molar-refractivity contribution in [3.05, 3.63) is 0 Å². The highest BCUT2D eigenvalue weighted by Gasteiger charge is 2.19.